The van der Waals surface area contributed by atoms with Crippen molar-refractivity contribution in [3.05, 3.63) is 12.2 Å². The fraction of sp³-hybridized carbons (Fsp3) is 0.800. The summed E-state index contributed by atoms with van der Waals surface area (Å²) in [6, 6.07) is 0. The summed E-state index contributed by atoms with van der Waals surface area (Å²) >= 11 is 0. The minimum Gasteiger partial charge on any atom is -0.396 e. The number of aliphatic hydroxyl groups excluding tert-OH is 1. The van der Waals surface area contributed by atoms with E-state index >= 15 is 0 Å². The lowest BCUT2D eigenvalue weighted by molar-refractivity contribution is -0.00628. The maximum Gasteiger partial charge on any atom is 0.0944 e. The van der Waals surface area contributed by atoms with Crippen LogP contribution in [0.25, 0.3) is 0 Å². The van der Waals surface area contributed by atoms with Crippen molar-refractivity contribution in [3.63, 3.8) is 0 Å². The lowest BCUT2D eigenvalue weighted by Gasteiger charge is -2.31. The molecule has 2 atom stereocenters. The van der Waals surface area contributed by atoms with Gasteiger partial charge in [0, 0.05) is 12.0 Å². The van der Waals surface area contributed by atoms with E-state index in [9.17, 15) is 0 Å². The smallest absolute Gasteiger partial charge is 0.0944 e. The molecule has 0 bridgehead atoms. The molecule has 0 aromatic heterocycles. The number of hydrogen-bond donors (Lipinski definition) is 2. The molecule has 0 saturated heterocycles. The zero-order valence-corrected chi connectivity index (χ0v) is 8.79. The summed E-state index contributed by atoms with van der Waals surface area (Å²) in [5.41, 5.74) is 5.19. The highest BCUT2D eigenvalue weighted by atomic mass is 16.5. The van der Waals surface area contributed by atoms with Gasteiger partial charge in [0.25, 0.3) is 0 Å². The minimum absolute atomic E-state index is 0.0286. The van der Waals surface area contributed by atoms with Crippen molar-refractivity contribution >= 4 is 0 Å². The Kier molecular flexibility index (Phi) is 5.95. The first kappa shape index (κ1) is 12.6. The summed E-state index contributed by atoms with van der Waals surface area (Å²) in [6.45, 7) is 6.38. The van der Waals surface area contributed by atoms with Crippen molar-refractivity contribution in [2.24, 2.45) is 11.1 Å². The van der Waals surface area contributed by atoms with E-state index in [0.717, 1.165) is 0 Å². The van der Waals surface area contributed by atoms with Gasteiger partial charge in [-0.15, -0.1) is 0 Å². The maximum absolute atomic E-state index is 8.92. The quantitative estimate of drug-likeness (QED) is 0.486. The van der Waals surface area contributed by atoms with Gasteiger partial charge in [0.2, 0.25) is 0 Å². The van der Waals surface area contributed by atoms with Crippen LogP contribution in [0.4, 0.5) is 0 Å². The lowest BCUT2D eigenvalue weighted by atomic mass is 9.81. The van der Waals surface area contributed by atoms with Crippen molar-refractivity contribution in [2.45, 2.75) is 33.3 Å². The van der Waals surface area contributed by atoms with Gasteiger partial charge < -0.3 is 15.6 Å². The van der Waals surface area contributed by atoms with Crippen molar-refractivity contribution in [1.82, 2.24) is 0 Å². The molecule has 3 N–H and O–H groups in total. The van der Waals surface area contributed by atoms with Crippen LogP contribution in [0.2, 0.25) is 0 Å². The van der Waals surface area contributed by atoms with Crippen LogP contribution in [0.15, 0.2) is 12.2 Å². The van der Waals surface area contributed by atoms with Gasteiger partial charge in [-0.3, -0.25) is 0 Å². The van der Waals surface area contributed by atoms with Gasteiger partial charge in [0.05, 0.1) is 12.8 Å². The molecular formula is C10H21NO2. The lowest BCUT2D eigenvalue weighted by Crippen LogP contribution is -2.33. The molecule has 0 aliphatic heterocycles. The summed E-state index contributed by atoms with van der Waals surface area (Å²) < 4.78 is 5.33. The molecule has 13 heavy (non-hydrogen) atoms. The van der Waals surface area contributed by atoms with Gasteiger partial charge >= 0.3 is 0 Å². The van der Waals surface area contributed by atoms with Crippen LogP contribution in [0, 0.1) is 5.41 Å². The molecule has 0 saturated carbocycles. The van der Waals surface area contributed by atoms with Crippen LogP contribution in [0.3, 0.4) is 0 Å². The molecule has 0 aliphatic carbocycles. The average molecular weight is 187 g/mol. The van der Waals surface area contributed by atoms with Gasteiger partial charge in [-0.25, -0.2) is 0 Å². The maximum atomic E-state index is 8.92. The number of ether oxygens (including phenoxy) is 1. The van der Waals surface area contributed by atoms with E-state index in [1.165, 1.54) is 0 Å². The second-order valence-electron chi connectivity index (χ2n) is 3.45. The second kappa shape index (κ2) is 6.13. The van der Waals surface area contributed by atoms with E-state index in [0.29, 0.717) is 6.42 Å². The SMILES string of the molecule is CC=CC(C)(CCO)C(C)OCN. The fourth-order valence-electron chi connectivity index (χ4n) is 1.38. The van der Waals surface area contributed by atoms with E-state index in [-0.39, 0.29) is 24.9 Å². The number of aliphatic hydroxyl groups is 1. The van der Waals surface area contributed by atoms with Gasteiger partial charge in [-0.1, -0.05) is 19.1 Å². The van der Waals surface area contributed by atoms with Crippen molar-refractivity contribution < 1.29 is 9.84 Å². The molecule has 0 amide bonds. The Labute approximate surface area is 80.6 Å². The molecule has 0 spiro atoms. The molecule has 0 heterocycles. The first-order chi connectivity index (χ1) is 6.10. The molecule has 0 aliphatic rings. The highest BCUT2D eigenvalue weighted by molar-refractivity contribution is 4.99. The largest absolute Gasteiger partial charge is 0.396 e. The third-order valence-corrected chi connectivity index (χ3v) is 2.47. The summed E-state index contributed by atoms with van der Waals surface area (Å²) in [5, 5.41) is 8.92. The molecule has 3 nitrogen and oxygen atoms in total. The van der Waals surface area contributed by atoms with Gasteiger partial charge in [-0.05, 0) is 20.3 Å². The van der Waals surface area contributed by atoms with Crippen molar-refractivity contribution in [2.75, 3.05) is 13.3 Å². The second-order valence-corrected chi connectivity index (χ2v) is 3.45. The fourth-order valence-corrected chi connectivity index (χ4v) is 1.38. The Hall–Kier alpha value is -0.380. The topological polar surface area (TPSA) is 55.5 Å². The van der Waals surface area contributed by atoms with E-state index in [1.807, 2.05) is 19.9 Å². The van der Waals surface area contributed by atoms with E-state index in [2.05, 4.69) is 13.0 Å². The summed E-state index contributed by atoms with van der Waals surface area (Å²) in [4.78, 5) is 0. The molecular weight excluding hydrogens is 166 g/mol. The Bertz CT molecular complexity index is 159. The minimum atomic E-state index is -0.122. The molecule has 2 unspecified atom stereocenters. The van der Waals surface area contributed by atoms with E-state index in [1.54, 1.807) is 0 Å². The Morgan fingerprint density at radius 3 is 2.62 bits per heavy atom. The average Bonchev–Trinajstić information content (AvgIpc) is 2.05. The molecule has 0 fully saturated rings. The van der Waals surface area contributed by atoms with Crippen LogP contribution in [0.1, 0.15) is 27.2 Å². The third kappa shape index (κ3) is 3.89. The molecule has 78 valence electrons. The number of hydrogen-bond acceptors (Lipinski definition) is 3. The predicted molar refractivity (Wildman–Crippen MR) is 54.2 cm³/mol. The highest BCUT2D eigenvalue weighted by Crippen LogP contribution is 2.29. The zero-order chi connectivity index (χ0) is 10.3. The molecule has 0 rings (SSSR count). The first-order valence-electron chi connectivity index (χ1n) is 4.67. The van der Waals surface area contributed by atoms with Crippen LogP contribution < -0.4 is 5.73 Å². The number of rotatable bonds is 6. The third-order valence-electron chi connectivity index (χ3n) is 2.47. The summed E-state index contributed by atoms with van der Waals surface area (Å²) in [7, 11) is 0. The Morgan fingerprint density at radius 2 is 2.23 bits per heavy atom. The van der Waals surface area contributed by atoms with Crippen LogP contribution >= 0.6 is 0 Å². The molecule has 0 aromatic carbocycles. The normalized spacial score (nSPS) is 18.8. The zero-order valence-electron chi connectivity index (χ0n) is 8.79. The summed E-state index contributed by atoms with van der Waals surface area (Å²) in [6.07, 6.45) is 4.76. The predicted octanol–water partition coefficient (Wildman–Crippen LogP) is 1.27. The highest BCUT2D eigenvalue weighted by Gasteiger charge is 2.28. The molecule has 0 radical (unpaired) electrons. The van der Waals surface area contributed by atoms with E-state index in [4.69, 9.17) is 15.6 Å². The molecule has 0 aromatic rings. The monoisotopic (exact) mass is 187 g/mol. The number of allylic oxidation sites excluding steroid dienone is 1. The first-order valence-corrected chi connectivity index (χ1v) is 4.67. The van der Waals surface area contributed by atoms with Crippen LogP contribution in [-0.2, 0) is 4.74 Å². The van der Waals surface area contributed by atoms with Gasteiger partial charge in [0.15, 0.2) is 0 Å². The Morgan fingerprint density at radius 1 is 1.62 bits per heavy atom. The standard InChI is InChI=1S/C10H21NO2/c1-4-5-10(3,6-7-12)9(2)13-8-11/h4-5,9,12H,6-8,11H2,1-3H3. The van der Waals surface area contributed by atoms with Crippen molar-refractivity contribution in [3.8, 4) is 0 Å². The van der Waals surface area contributed by atoms with E-state index < -0.39 is 0 Å². The van der Waals surface area contributed by atoms with Gasteiger partial charge in [-0.2, -0.15) is 0 Å². The molecule has 3 heteroatoms. The van der Waals surface area contributed by atoms with Crippen LogP contribution in [-0.4, -0.2) is 24.5 Å². The number of nitrogens with two attached hydrogens (primary N) is 1. The summed E-state index contributed by atoms with van der Waals surface area (Å²) in [5.74, 6) is 0. The van der Waals surface area contributed by atoms with Crippen molar-refractivity contribution in [1.29, 1.82) is 0 Å². The Balaban J connectivity index is 4.36. The van der Waals surface area contributed by atoms with Gasteiger partial charge in [0.1, 0.15) is 0 Å². The van der Waals surface area contributed by atoms with Crippen LogP contribution in [0.5, 0.6) is 0 Å².